The molecule has 1 aromatic rings. The average molecular weight is 275 g/mol. The molecule has 0 fully saturated rings. The van der Waals surface area contributed by atoms with Crippen molar-refractivity contribution in [2.24, 2.45) is 5.73 Å². The summed E-state index contributed by atoms with van der Waals surface area (Å²) in [5.41, 5.74) is 7.33. The topological polar surface area (TPSA) is 106 Å². The van der Waals surface area contributed by atoms with Crippen molar-refractivity contribution < 1.29 is 14.8 Å². The smallest absolute Gasteiger partial charge is 0.320 e. The summed E-state index contributed by atoms with van der Waals surface area (Å²) in [5.74, 6) is -1.17. The number of nitrogens with two attached hydrogens (primary N) is 1. The molecule has 1 aromatic carbocycles. The molecule has 18 heavy (non-hydrogen) atoms. The molecule has 0 amide bonds. The molecule has 0 aromatic heterocycles. The fraction of sp³-hybridized carbons (Fsp3) is 0.364. The molecule has 0 saturated heterocycles. The third kappa shape index (κ3) is 3.41. The lowest BCUT2D eigenvalue weighted by molar-refractivity contribution is -0.385. The number of halogens is 1. The van der Waals surface area contributed by atoms with E-state index < -0.39 is 16.9 Å². The highest BCUT2D eigenvalue weighted by Gasteiger charge is 2.22. The number of benzene rings is 1. The Morgan fingerprint density at radius 2 is 2.06 bits per heavy atom. The summed E-state index contributed by atoms with van der Waals surface area (Å²) in [6.45, 7) is 3.54. The third-order valence-corrected chi connectivity index (χ3v) is 2.78. The van der Waals surface area contributed by atoms with Gasteiger partial charge in [-0.2, -0.15) is 0 Å². The van der Waals surface area contributed by atoms with Gasteiger partial charge in [0, 0.05) is 18.1 Å². The standard InChI is InChI=1S/C11H14N2O4.ClH/c1-6-3-4-10(13(16)17)8(7(6)2)5-9(12)11(14)15;/h3-4,9H,5,12H2,1-2H3,(H,14,15);1H/t9-;/m0./s1. The number of rotatable bonds is 4. The van der Waals surface area contributed by atoms with Crippen LogP contribution in [0.3, 0.4) is 0 Å². The Labute approximate surface area is 110 Å². The number of hydrogen-bond donors (Lipinski definition) is 2. The first kappa shape index (κ1) is 16.3. The molecule has 0 saturated carbocycles. The summed E-state index contributed by atoms with van der Waals surface area (Å²) < 4.78 is 0. The maximum atomic E-state index is 10.9. The monoisotopic (exact) mass is 274 g/mol. The average Bonchev–Trinajstić information content (AvgIpc) is 2.24. The largest absolute Gasteiger partial charge is 0.480 e. The summed E-state index contributed by atoms with van der Waals surface area (Å²) in [4.78, 5) is 21.0. The number of nitro benzene ring substituents is 1. The highest BCUT2D eigenvalue weighted by molar-refractivity contribution is 5.85. The minimum absolute atomic E-state index is 0. The normalized spacial score (nSPS) is 11.5. The van der Waals surface area contributed by atoms with Gasteiger partial charge in [0.05, 0.1) is 4.92 Å². The van der Waals surface area contributed by atoms with E-state index in [1.165, 1.54) is 6.07 Å². The predicted molar refractivity (Wildman–Crippen MR) is 69.1 cm³/mol. The van der Waals surface area contributed by atoms with Gasteiger partial charge in [-0.15, -0.1) is 12.4 Å². The lowest BCUT2D eigenvalue weighted by Crippen LogP contribution is -2.32. The second kappa shape index (κ2) is 6.32. The van der Waals surface area contributed by atoms with E-state index in [-0.39, 0.29) is 24.5 Å². The van der Waals surface area contributed by atoms with Crippen molar-refractivity contribution >= 4 is 24.1 Å². The fourth-order valence-electron chi connectivity index (χ4n) is 1.60. The van der Waals surface area contributed by atoms with Crippen molar-refractivity contribution in [1.29, 1.82) is 0 Å². The highest BCUT2D eigenvalue weighted by Crippen LogP contribution is 2.25. The van der Waals surface area contributed by atoms with Gasteiger partial charge in [0.2, 0.25) is 0 Å². The first-order valence-corrected chi connectivity index (χ1v) is 5.06. The van der Waals surface area contributed by atoms with Crippen LogP contribution in [0, 0.1) is 24.0 Å². The van der Waals surface area contributed by atoms with Gasteiger partial charge in [0.1, 0.15) is 6.04 Å². The van der Waals surface area contributed by atoms with Gasteiger partial charge in [0.15, 0.2) is 0 Å². The first-order valence-electron chi connectivity index (χ1n) is 5.06. The molecule has 3 N–H and O–H groups in total. The third-order valence-electron chi connectivity index (χ3n) is 2.78. The fourth-order valence-corrected chi connectivity index (χ4v) is 1.60. The number of hydrogen-bond acceptors (Lipinski definition) is 4. The van der Waals surface area contributed by atoms with Crippen LogP contribution in [0.2, 0.25) is 0 Å². The van der Waals surface area contributed by atoms with Gasteiger partial charge >= 0.3 is 5.97 Å². The van der Waals surface area contributed by atoms with Gasteiger partial charge < -0.3 is 10.8 Å². The summed E-state index contributed by atoms with van der Waals surface area (Å²) in [6.07, 6.45) is -0.0425. The number of aryl methyl sites for hydroxylation is 1. The summed E-state index contributed by atoms with van der Waals surface area (Å²) in [5, 5.41) is 19.6. The van der Waals surface area contributed by atoms with Crippen LogP contribution in [0.25, 0.3) is 0 Å². The lowest BCUT2D eigenvalue weighted by atomic mass is 9.96. The molecule has 0 unspecified atom stereocenters. The SMILES string of the molecule is Cc1ccc([N+](=O)[O-])c(C[C@H](N)C(=O)O)c1C.Cl. The molecule has 0 bridgehead atoms. The van der Waals surface area contributed by atoms with Gasteiger partial charge in [-0.3, -0.25) is 14.9 Å². The summed E-state index contributed by atoms with van der Waals surface area (Å²) >= 11 is 0. The maximum Gasteiger partial charge on any atom is 0.320 e. The van der Waals surface area contributed by atoms with Crippen molar-refractivity contribution in [1.82, 2.24) is 0 Å². The number of nitro groups is 1. The Balaban J connectivity index is 0.00000289. The van der Waals surface area contributed by atoms with E-state index in [1.54, 1.807) is 13.0 Å². The van der Waals surface area contributed by atoms with E-state index in [9.17, 15) is 14.9 Å². The molecule has 0 radical (unpaired) electrons. The van der Waals surface area contributed by atoms with Crippen LogP contribution in [0.4, 0.5) is 5.69 Å². The molecule has 0 aliphatic carbocycles. The Morgan fingerprint density at radius 1 is 1.50 bits per heavy atom. The van der Waals surface area contributed by atoms with E-state index in [1.807, 2.05) is 6.92 Å². The zero-order valence-corrected chi connectivity index (χ0v) is 10.9. The van der Waals surface area contributed by atoms with Crippen molar-refractivity contribution in [2.75, 3.05) is 0 Å². The zero-order valence-electron chi connectivity index (χ0n) is 10.0. The van der Waals surface area contributed by atoms with Crippen LogP contribution >= 0.6 is 12.4 Å². The Kier molecular flexibility index (Phi) is 5.74. The lowest BCUT2D eigenvalue weighted by Gasteiger charge is -2.11. The molecule has 0 aliphatic heterocycles. The molecule has 0 aliphatic rings. The number of carbonyl (C=O) groups is 1. The molecular formula is C11H15ClN2O4. The van der Waals surface area contributed by atoms with E-state index >= 15 is 0 Å². The van der Waals surface area contributed by atoms with E-state index in [2.05, 4.69) is 0 Å². The van der Waals surface area contributed by atoms with E-state index in [0.29, 0.717) is 5.56 Å². The summed E-state index contributed by atoms with van der Waals surface area (Å²) in [7, 11) is 0. The second-order valence-corrected chi connectivity index (χ2v) is 3.91. The van der Waals surface area contributed by atoms with Crippen molar-refractivity contribution in [3.8, 4) is 0 Å². The van der Waals surface area contributed by atoms with Gasteiger partial charge in [-0.25, -0.2) is 0 Å². The maximum absolute atomic E-state index is 10.9. The number of carboxylic acids is 1. The minimum atomic E-state index is -1.17. The number of nitrogens with zero attached hydrogens (tertiary/aromatic N) is 1. The van der Waals surface area contributed by atoms with Crippen molar-refractivity contribution in [2.45, 2.75) is 26.3 Å². The van der Waals surface area contributed by atoms with E-state index in [4.69, 9.17) is 10.8 Å². The summed E-state index contributed by atoms with van der Waals surface area (Å²) in [6, 6.07) is 1.89. The molecule has 7 heteroatoms. The van der Waals surface area contributed by atoms with Crippen LogP contribution in [0.5, 0.6) is 0 Å². The molecule has 1 rings (SSSR count). The van der Waals surface area contributed by atoms with Crippen LogP contribution in [0.1, 0.15) is 16.7 Å². The highest BCUT2D eigenvalue weighted by atomic mass is 35.5. The van der Waals surface area contributed by atoms with Crippen LogP contribution in [0.15, 0.2) is 12.1 Å². The molecule has 100 valence electrons. The molecule has 1 atom stereocenters. The zero-order chi connectivity index (χ0) is 13.2. The van der Waals surface area contributed by atoms with Crippen LogP contribution < -0.4 is 5.73 Å². The van der Waals surface area contributed by atoms with E-state index in [0.717, 1.165) is 11.1 Å². The molecule has 6 nitrogen and oxygen atoms in total. The first-order chi connectivity index (χ1) is 7.84. The molecule has 0 heterocycles. The predicted octanol–water partition coefficient (Wildman–Crippen LogP) is 1.59. The Morgan fingerprint density at radius 3 is 2.50 bits per heavy atom. The van der Waals surface area contributed by atoms with Gasteiger partial charge in [0.25, 0.3) is 5.69 Å². The number of carboxylic acid groups (broad SMARTS) is 1. The quantitative estimate of drug-likeness (QED) is 0.640. The second-order valence-electron chi connectivity index (χ2n) is 3.91. The molecule has 0 spiro atoms. The van der Waals surface area contributed by atoms with Gasteiger partial charge in [-0.05, 0) is 25.0 Å². The van der Waals surface area contributed by atoms with Crippen LogP contribution in [-0.4, -0.2) is 22.0 Å². The Hall–Kier alpha value is -1.66. The number of aliphatic carboxylic acids is 1. The molecular weight excluding hydrogens is 260 g/mol. The Bertz CT molecular complexity index is 476. The van der Waals surface area contributed by atoms with Crippen LogP contribution in [-0.2, 0) is 11.2 Å². The van der Waals surface area contributed by atoms with Crippen molar-refractivity contribution in [3.63, 3.8) is 0 Å². The van der Waals surface area contributed by atoms with Gasteiger partial charge in [-0.1, -0.05) is 6.07 Å². The van der Waals surface area contributed by atoms with Crippen molar-refractivity contribution in [3.05, 3.63) is 38.9 Å². The minimum Gasteiger partial charge on any atom is -0.480 e.